The first-order valence-electron chi connectivity index (χ1n) is 6.43. The molecule has 0 amide bonds. The van der Waals surface area contributed by atoms with Crippen LogP contribution < -0.4 is 15.4 Å². The molecule has 0 bridgehead atoms. The molecular weight excluding hydrogens is 294 g/mol. The molecule has 21 heavy (non-hydrogen) atoms. The van der Waals surface area contributed by atoms with Crippen molar-refractivity contribution in [2.24, 2.45) is 0 Å². The zero-order valence-electron chi connectivity index (χ0n) is 13.0. The maximum Gasteiger partial charge on any atom is 0.209 e. The van der Waals surface area contributed by atoms with Crippen LogP contribution in [0, 0.1) is 0 Å². The molecule has 3 N–H and O–H groups in total. The molecule has 120 valence electrons. The number of sulfonamides is 1. The molecule has 0 unspecified atom stereocenters. The predicted molar refractivity (Wildman–Crippen MR) is 82.8 cm³/mol. The lowest BCUT2D eigenvalue weighted by Crippen LogP contribution is -2.47. The number of hydrogen-bond acceptors (Lipinski definition) is 7. The Kier molecular flexibility index (Phi) is 5.87. The van der Waals surface area contributed by atoms with Crippen LogP contribution in [0.3, 0.4) is 0 Å². The van der Waals surface area contributed by atoms with Crippen LogP contribution in [0.4, 0.5) is 11.6 Å². The Morgan fingerprint density at radius 2 is 1.90 bits per heavy atom. The van der Waals surface area contributed by atoms with Crippen molar-refractivity contribution in [2.45, 2.75) is 26.0 Å². The molecule has 0 aliphatic heterocycles. The lowest BCUT2D eigenvalue weighted by molar-refractivity contribution is 0.178. The highest BCUT2D eigenvalue weighted by Crippen LogP contribution is 2.13. The van der Waals surface area contributed by atoms with Crippen molar-refractivity contribution in [1.29, 1.82) is 0 Å². The second-order valence-corrected chi connectivity index (χ2v) is 7.10. The summed E-state index contributed by atoms with van der Waals surface area (Å²) in [4.78, 5) is 8.55. The molecule has 0 spiro atoms. The van der Waals surface area contributed by atoms with Gasteiger partial charge in [-0.25, -0.2) is 23.1 Å². The maximum atomic E-state index is 11.3. The number of rotatable bonds is 8. The smallest absolute Gasteiger partial charge is 0.209 e. The van der Waals surface area contributed by atoms with Gasteiger partial charge in [-0.1, -0.05) is 0 Å². The third-order valence-electron chi connectivity index (χ3n) is 2.48. The molecule has 1 aromatic heterocycles. The zero-order chi connectivity index (χ0) is 16.1. The van der Waals surface area contributed by atoms with E-state index in [1.165, 1.54) is 0 Å². The fourth-order valence-corrected chi connectivity index (χ4v) is 2.83. The van der Waals surface area contributed by atoms with Gasteiger partial charge >= 0.3 is 0 Å². The van der Waals surface area contributed by atoms with E-state index in [1.807, 2.05) is 0 Å². The monoisotopic (exact) mass is 317 g/mol. The van der Waals surface area contributed by atoms with Crippen molar-refractivity contribution in [1.82, 2.24) is 14.7 Å². The lowest BCUT2D eigenvalue weighted by atomic mass is 10.1. The van der Waals surface area contributed by atoms with Gasteiger partial charge < -0.3 is 15.4 Å². The molecule has 0 saturated heterocycles. The van der Waals surface area contributed by atoms with Crippen LogP contribution in [-0.2, 0) is 21.4 Å². The summed E-state index contributed by atoms with van der Waals surface area (Å²) in [5.74, 6) is 1.80. The van der Waals surface area contributed by atoms with Crippen LogP contribution in [-0.4, -0.2) is 50.9 Å². The number of methoxy groups -OCH3 is 1. The SMILES string of the molecule is CNc1cc(NCC(C)(C)NS(C)(=O)=O)nc(COC)n1. The first kappa shape index (κ1) is 17.6. The summed E-state index contributed by atoms with van der Waals surface area (Å²) in [5.41, 5.74) is -0.639. The fraction of sp³-hybridized carbons (Fsp3) is 0.667. The number of anilines is 2. The van der Waals surface area contributed by atoms with E-state index in [0.717, 1.165) is 6.26 Å². The van der Waals surface area contributed by atoms with Crippen LogP contribution in [0.2, 0.25) is 0 Å². The summed E-state index contributed by atoms with van der Waals surface area (Å²) < 4.78 is 30.2. The van der Waals surface area contributed by atoms with E-state index < -0.39 is 15.6 Å². The molecule has 9 heteroatoms. The summed E-state index contributed by atoms with van der Waals surface area (Å²) in [6.45, 7) is 4.26. The zero-order valence-corrected chi connectivity index (χ0v) is 13.8. The summed E-state index contributed by atoms with van der Waals surface area (Å²) in [7, 11) is 0.0619. The Balaban J connectivity index is 2.80. The minimum absolute atomic E-state index is 0.301. The molecule has 1 heterocycles. The average Bonchev–Trinajstić information content (AvgIpc) is 2.34. The number of nitrogens with one attached hydrogen (secondary N) is 3. The maximum absolute atomic E-state index is 11.3. The molecule has 0 saturated carbocycles. The third-order valence-corrected chi connectivity index (χ3v) is 3.40. The van der Waals surface area contributed by atoms with Gasteiger partial charge in [0.05, 0.1) is 6.26 Å². The Morgan fingerprint density at radius 1 is 1.29 bits per heavy atom. The van der Waals surface area contributed by atoms with Gasteiger partial charge in [-0.3, -0.25) is 0 Å². The van der Waals surface area contributed by atoms with E-state index in [4.69, 9.17) is 4.74 Å². The van der Waals surface area contributed by atoms with Crippen molar-refractivity contribution in [3.05, 3.63) is 11.9 Å². The Morgan fingerprint density at radius 3 is 2.43 bits per heavy atom. The second kappa shape index (κ2) is 7.01. The van der Waals surface area contributed by atoms with Gasteiger partial charge in [0.2, 0.25) is 10.0 Å². The lowest BCUT2D eigenvalue weighted by Gasteiger charge is -2.25. The number of nitrogens with zero attached hydrogens (tertiary/aromatic N) is 2. The summed E-state index contributed by atoms with van der Waals surface area (Å²) >= 11 is 0. The summed E-state index contributed by atoms with van der Waals surface area (Å²) in [5, 5.41) is 6.05. The van der Waals surface area contributed by atoms with Gasteiger partial charge in [-0.05, 0) is 13.8 Å². The standard InChI is InChI=1S/C12H23N5O3S/c1-12(2,17-21(5,18)19)8-14-10-6-9(13-3)15-11(16-10)7-20-4/h6,17H,7-8H2,1-5H3,(H2,13,14,15,16). The topological polar surface area (TPSA) is 105 Å². The predicted octanol–water partition coefficient (Wildman–Crippen LogP) is 0.404. The van der Waals surface area contributed by atoms with E-state index >= 15 is 0 Å². The third kappa shape index (κ3) is 6.69. The van der Waals surface area contributed by atoms with E-state index in [-0.39, 0.29) is 0 Å². The van der Waals surface area contributed by atoms with E-state index in [1.54, 1.807) is 34.1 Å². The van der Waals surface area contributed by atoms with Crippen LogP contribution >= 0.6 is 0 Å². The Hall–Kier alpha value is -1.45. The van der Waals surface area contributed by atoms with Crippen LogP contribution in [0.1, 0.15) is 19.7 Å². The number of ether oxygens (including phenoxy) is 1. The van der Waals surface area contributed by atoms with Gasteiger partial charge in [0, 0.05) is 32.3 Å². The van der Waals surface area contributed by atoms with Gasteiger partial charge in [-0.2, -0.15) is 0 Å². The van der Waals surface area contributed by atoms with Crippen molar-refractivity contribution in [3.8, 4) is 0 Å². The minimum Gasteiger partial charge on any atom is -0.377 e. The molecule has 0 fully saturated rings. The number of aromatic nitrogens is 2. The molecule has 0 aliphatic carbocycles. The Bertz CT molecular complexity index is 574. The highest BCUT2D eigenvalue weighted by Gasteiger charge is 2.22. The van der Waals surface area contributed by atoms with E-state index in [2.05, 4.69) is 25.3 Å². The van der Waals surface area contributed by atoms with Gasteiger partial charge in [0.15, 0.2) is 5.82 Å². The molecule has 1 rings (SSSR count). The minimum atomic E-state index is -3.27. The largest absolute Gasteiger partial charge is 0.377 e. The first-order chi connectivity index (χ1) is 9.65. The van der Waals surface area contributed by atoms with Gasteiger partial charge in [-0.15, -0.1) is 0 Å². The number of hydrogen-bond donors (Lipinski definition) is 3. The molecule has 0 atom stereocenters. The molecule has 0 radical (unpaired) electrons. The second-order valence-electron chi connectivity index (χ2n) is 5.35. The average molecular weight is 317 g/mol. The highest BCUT2D eigenvalue weighted by molar-refractivity contribution is 7.88. The summed E-state index contributed by atoms with van der Waals surface area (Å²) in [6, 6.07) is 1.75. The molecular formula is C12H23N5O3S. The quantitative estimate of drug-likeness (QED) is 0.637. The molecule has 1 aromatic rings. The molecule has 0 aromatic carbocycles. The van der Waals surface area contributed by atoms with Crippen molar-refractivity contribution < 1.29 is 13.2 Å². The highest BCUT2D eigenvalue weighted by atomic mass is 32.2. The van der Waals surface area contributed by atoms with Crippen molar-refractivity contribution in [3.63, 3.8) is 0 Å². The van der Waals surface area contributed by atoms with Gasteiger partial charge in [0.25, 0.3) is 0 Å². The van der Waals surface area contributed by atoms with Crippen LogP contribution in [0.5, 0.6) is 0 Å². The van der Waals surface area contributed by atoms with Crippen LogP contribution in [0.25, 0.3) is 0 Å². The van der Waals surface area contributed by atoms with E-state index in [0.29, 0.717) is 30.6 Å². The van der Waals surface area contributed by atoms with Crippen molar-refractivity contribution in [2.75, 3.05) is 37.6 Å². The van der Waals surface area contributed by atoms with E-state index in [9.17, 15) is 8.42 Å². The molecule has 0 aliphatic rings. The van der Waals surface area contributed by atoms with Crippen molar-refractivity contribution >= 4 is 21.7 Å². The van der Waals surface area contributed by atoms with Crippen LogP contribution in [0.15, 0.2) is 6.07 Å². The van der Waals surface area contributed by atoms with Gasteiger partial charge in [0.1, 0.15) is 18.2 Å². The normalized spacial score (nSPS) is 12.2. The fourth-order valence-electron chi connectivity index (χ4n) is 1.76. The first-order valence-corrected chi connectivity index (χ1v) is 8.32. The summed E-state index contributed by atoms with van der Waals surface area (Å²) in [6.07, 6.45) is 1.13. The molecule has 8 nitrogen and oxygen atoms in total. The Labute approximate surface area is 125 Å².